The van der Waals surface area contributed by atoms with Gasteiger partial charge in [-0.1, -0.05) is 35.3 Å². The first kappa shape index (κ1) is 20.2. The van der Waals surface area contributed by atoms with E-state index in [-0.39, 0.29) is 17.7 Å². The highest BCUT2D eigenvalue weighted by Gasteiger charge is 2.20. The van der Waals surface area contributed by atoms with Crippen LogP contribution in [0, 0.1) is 0 Å². The van der Waals surface area contributed by atoms with Gasteiger partial charge in [-0.05, 0) is 23.8 Å². The molecule has 0 bridgehead atoms. The van der Waals surface area contributed by atoms with Gasteiger partial charge in [0.15, 0.2) is 11.2 Å². The van der Waals surface area contributed by atoms with E-state index in [0.29, 0.717) is 28.1 Å². The Bertz CT molecular complexity index is 1340. The van der Waals surface area contributed by atoms with Crippen LogP contribution < -0.4 is 16.6 Å². The van der Waals surface area contributed by atoms with Crippen molar-refractivity contribution in [1.82, 2.24) is 23.7 Å². The van der Waals surface area contributed by atoms with Gasteiger partial charge in [0.2, 0.25) is 5.95 Å². The van der Waals surface area contributed by atoms with Crippen molar-refractivity contribution in [1.29, 1.82) is 0 Å². The number of aromatic nitrogens is 5. The van der Waals surface area contributed by atoms with Gasteiger partial charge >= 0.3 is 5.69 Å². The Morgan fingerprint density at radius 2 is 1.77 bits per heavy atom. The summed E-state index contributed by atoms with van der Waals surface area (Å²) in [4.78, 5) is 34.0. The van der Waals surface area contributed by atoms with E-state index in [1.54, 1.807) is 42.2 Å². The van der Waals surface area contributed by atoms with Gasteiger partial charge in [-0.2, -0.15) is 4.98 Å². The molecule has 0 aliphatic rings. The standard InChI is InChI=1S/C20H18Cl2N6O2/c1-26-17-16(18(29)27(2)20(26)30)28(11-13-14(21)6-3-7-15(13)22)19(25-17)24-10-12-5-4-8-23-9-12/h3-9H,10-11H2,1-2H3,(H,24,25). The molecule has 0 fully saturated rings. The number of rotatable bonds is 5. The van der Waals surface area contributed by atoms with Gasteiger partial charge in [0.25, 0.3) is 5.56 Å². The van der Waals surface area contributed by atoms with Crippen molar-refractivity contribution in [3.05, 3.63) is 84.7 Å². The molecular formula is C20H18Cl2N6O2. The second kappa shape index (κ2) is 7.97. The van der Waals surface area contributed by atoms with Crippen molar-refractivity contribution in [2.45, 2.75) is 13.1 Å². The first-order valence-corrected chi connectivity index (χ1v) is 9.86. The van der Waals surface area contributed by atoms with Crippen molar-refractivity contribution in [2.24, 2.45) is 14.1 Å². The maximum Gasteiger partial charge on any atom is 0.332 e. The Kier molecular flexibility index (Phi) is 5.36. The van der Waals surface area contributed by atoms with Crippen LogP contribution in [0.25, 0.3) is 11.2 Å². The number of aryl methyl sites for hydroxylation is 1. The second-order valence-electron chi connectivity index (χ2n) is 6.81. The third kappa shape index (κ3) is 3.48. The molecule has 10 heteroatoms. The normalized spacial score (nSPS) is 11.2. The van der Waals surface area contributed by atoms with E-state index >= 15 is 0 Å². The lowest BCUT2D eigenvalue weighted by Crippen LogP contribution is -2.37. The maximum absolute atomic E-state index is 13.0. The smallest absolute Gasteiger partial charge is 0.332 e. The fourth-order valence-electron chi connectivity index (χ4n) is 3.26. The molecular weight excluding hydrogens is 427 g/mol. The van der Waals surface area contributed by atoms with Crippen LogP contribution in [0.5, 0.6) is 0 Å². The predicted molar refractivity (Wildman–Crippen MR) is 117 cm³/mol. The minimum atomic E-state index is -0.452. The number of nitrogens with one attached hydrogen (secondary N) is 1. The van der Waals surface area contributed by atoms with Crippen molar-refractivity contribution < 1.29 is 0 Å². The summed E-state index contributed by atoms with van der Waals surface area (Å²) in [7, 11) is 3.02. The fraction of sp³-hybridized carbons (Fsp3) is 0.200. The molecule has 4 rings (SSSR count). The molecule has 0 atom stereocenters. The number of anilines is 1. The van der Waals surface area contributed by atoms with Crippen molar-refractivity contribution in [3.8, 4) is 0 Å². The summed E-state index contributed by atoms with van der Waals surface area (Å²) in [6, 6.07) is 8.98. The molecule has 0 saturated carbocycles. The lowest BCUT2D eigenvalue weighted by Gasteiger charge is -2.13. The van der Waals surface area contributed by atoms with Crippen LogP contribution in [0.1, 0.15) is 11.1 Å². The molecule has 0 aliphatic carbocycles. The van der Waals surface area contributed by atoms with E-state index < -0.39 is 11.2 Å². The molecule has 1 aromatic carbocycles. The average Bonchev–Trinajstić information content (AvgIpc) is 3.11. The number of hydrogen-bond donors (Lipinski definition) is 1. The summed E-state index contributed by atoms with van der Waals surface area (Å²) >= 11 is 12.7. The minimum absolute atomic E-state index is 0.206. The van der Waals surface area contributed by atoms with E-state index in [9.17, 15) is 9.59 Å². The third-order valence-corrected chi connectivity index (χ3v) is 5.61. The van der Waals surface area contributed by atoms with Crippen LogP contribution in [-0.2, 0) is 27.2 Å². The van der Waals surface area contributed by atoms with Gasteiger partial charge < -0.3 is 5.32 Å². The van der Waals surface area contributed by atoms with E-state index in [4.69, 9.17) is 23.2 Å². The summed E-state index contributed by atoms with van der Waals surface area (Å²) in [5.41, 5.74) is 1.25. The number of fused-ring (bicyclic) bond motifs is 1. The van der Waals surface area contributed by atoms with Gasteiger partial charge in [0, 0.05) is 48.6 Å². The minimum Gasteiger partial charge on any atom is -0.351 e. The molecule has 0 spiro atoms. The molecule has 3 heterocycles. The van der Waals surface area contributed by atoms with Crippen LogP contribution in [0.4, 0.5) is 5.95 Å². The SMILES string of the molecule is Cn1c(=O)c2c(nc(NCc3cccnc3)n2Cc2c(Cl)cccc2Cl)n(C)c1=O. The topological polar surface area (TPSA) is 86.7 Å². The molecule has 0 saturated heterocycles. The monoisotopic (exact) mass is 444 g/mol. The molecule has 0 aliphatic heterocycles. The molecule has 0 amide bonds. The highest BCUT2D eigenvalue weighted by atomic mass is 35.5. The summed E-state index contributed by atoms with van der Waals surface area (Å²) in [6.45, 7) is 0.638. The van der Waals surface area contributed by atoms with E-state index in [2.05, 4.69) is 15.3 Å². The number of halogens is 2. The van der Waals surface area contributed by atoms with Crippen LogP contribution >= 0.6 is 23.2 Å². The zero-order valence-electron chi connectivity index (χ0n) is 16.3. The van der Waals surface area contributed by atoms with Gasteiger partial charge in [0.1, 0.15) is 0 Å². The fourth-order valence-corrected chi connectivity index (χ4v) is 3.78. The van der Waals surface area contributed by atoms with E-state index in [1.807, 2.05) is 12.1 Å². The van der Waals surface area contributed by atoms with Crippen LogP contribution in [-0.4, -0.2) is 23.7 Å². The van der Waals surface area contributed by atoms with Crippen LogP contribution in [0.15, 0.2) is 52.3 Å². The molecule has 8 nitrogen and oxygen atoms in total. The van der Waals surface area contributed by atoms with Gasteiger partial charge in [-0.15, -0.1) is 0 Å². The number of benzene rings is 1. The predicted octanol–water partition coefficient (Wildman–Crippen LogP) is 2.80. The molecule has 4 aromatic rings. The summed E-state index contributed by atoms with van der Waals surface area (Å²) < 4.78 is 4.09. The van der Waals surface area contributed by atoms with Crippen molar-refractivity contribution in [3.63, 3.8) is 0 Å². The number of pyridine rings is 1. The Morgan fingerprint density at radius 1 is 1.03 bits per heavy atom. The van der Waals surface area contributed by atoms with Crippen molar-refractivity contribution >= 4 is 40.3 Å². The quantitative estimate of drug-likeness (QED) is 0.511. The number of imidazole rings is 1. The third-order valence-electron chi connectivity index (χ3n) is 4.90. The molecule has 3 aromatic heterocycles. The average molecular weight is 445 g/mol. The van der Waals surface area contributed by atoms with Gasteiger partial charge in [-0.25, -0.2) is 4.79 Å². The molecule has 30 heavy (non-hydrogen) atoms. The second-order valence-corrected chi connectivity index (χ2v) is 7.63. The maximum atomic E-state index is 13.0. The Labute approximate surface area is 181 Å². The lowest BCUT2D eigenvalue weighted by atomic mass is 10.2. The first-order chi connectivity index (χ1) is 14.4. The Morgan fingerprint density at radius 3 is 2.43 bits per heavy atom. The number of nitrogens with zero attached hydrogens (tertiary/aromatic N) is 5. The highest BCUT2D eigenvalue weighted by Crippen LogP contribution is 2.27. The van der Waals surface area contributed by atoms with Crippen LogP contribution in [0.3, 0.4) is 0 Å². The largest absolute Gasteiger partial charge is 0.351 e. The molecule has 0 unspecified atom stereocenters. The van der Waals surface area contributed by atoms with Crippen molar-refractivity contribution in [2.75, 3.05) is 5.32 Å². The lowest BCUT2D eigenvalue weighted by molar-refractivity contribution is 0.702. The zero-order chi connectivity index (χ0) is 21.4. The summed E-state index contributed by atoms with van der Waals surface area (Å²) in [5, 5.41) is 4.19. The summed E-state index contributed by atoms with van der Waals surface area (Å²) in [5.74, 6) is 0.420. The zero-order valence-corrected chi connectivity index (χ0v) is 17.8. The van der Waals surface area contributed by atoms with Crippen LogP contribution in [0.2, 0.25) is 10.0 Å². The Hall–Kier alpha value is -3.10. The molecule has 154 valence electrons. The molecule has 0 radical (unpaired) electrons. The van der Waals surface area contributed by atoms with E-state index in [1.165, 1.54) is 11.6 Å². The summed E-state index contributed by atoms with van der Waals surface area (Å²) in [6.07, 6.45) is 3.43. The number of hydrogen-bond acceptors (Lipinski definition) is 5. The first-order valence-electron chi connectivity index (χ1n) is 9.10. The molecule has 1 N–H and O–H groups in total. The Balaban J connectivity index is 1.90. The van der Waals surface area contributed by atoms with Gasteiger partial charge in [-0.3, -0.25) is 23.5 Å². The highest BCUT2D eigenvalue weighted by molar-refractivity contribution is 6.36. The van der Waals surface area contributed by atoms with E-state index in [0.717, 1.165) is 10.1 Å². The van der Waals surface area contributed by atoms with Gasteiger partial charge in [0.05, 0.1) is 6.54 Å².